The summed E-state index contributed by atoms with van der Waals surface area (Å²) in [7, 11) is 0. The summed E-state index contributed by atoms with van der Waals surface area (Å²) in [5.41, 5.74) is 9.51. The Labute approximate surface area is 106 Å². The molecule has 0 radical (unpaired) electrons. The molecule has 3 rings (SSSR count). The van der Waals surface area contributed by atoms with Crippen molar-refractivity contribution in [3.8, 4) is 0 Å². The maximum absolute atomic E-state index is 5.68. The summed E-state index contributed by atoms with van der Waals surface area (Å²) in [6, 6.07) is 0. The van der Waals surface area contributed by atoms with Crippen molar-refractivity contribution in [2.24, 2.45) is 35.3 Å². The van der Waals surface area contributed by atoms with Crippen molar-refractivity contribution in [1.82, 2.24) is 0 Å². The van der Waals surface area contributed by atoms with Crippen molar-refractivity contribution in [2.75, 3.05) is 6.54 Å². The first-order valence-electron chi connectivity index (χ1n) is 7.68. The number of rotatable bonds is 3. The third-order valence-electron chi connectivity index (χ3n) is 5.79. The Hall–Kier alpha value is -0.300. The standard InChI is InChI=1S/C16H27N/c1-10-5-7-13-12(4-3-9-17)14-8-6-11(2)15(10)16(13)14/h10-14H,3-9,17H2,1-2H3. The highest BCUT2D eigenvalue weighted by Gasteiger charge is 2.50. The molecule has 4 atom stereocenters. The van der Waals surface area contributed by atoms with Gasteiger partial charge in [-0.3, -0.25) is 0 Å². The van der Waals surface area contributed by atoms with Crippen molar-refractivity contribution in [3.63, 3.8) is 0 Å². The van der Waals surface area contributed by atoms with Crippen LogP contribution in [0.1, 0.15) is 52.4 Å². The fourth-order valence-corrected chi connectivity index (χ4v) is 5.05. The number of nitrogens with two attached hydrogens (primary N) is 1. The van der Waals surface area contributed by atoms with Crippen molar-refractivity contribution >= 4 is 0 Å². The Morgan fingerprint density at radius 2 is 1.53 bits per heavy atom. The van der Waals surface area contributed by atoms with Gasteiger partial charge in [-0.2, -0.15) is 0 Å². The molecule has 0 spiro atoms. The van der Waals surface area contributed by atoms with Gasteiger partial charge in [-0.05, 0) is 74.7 Å². The van der Waals surface area contributed by atoms with Crippen molar-refractivity contribution in [2.45, 2.75) is 52.4 Å². The van der Waals surface area contributed by atoms with Crippen LogP contribution in [0, 0.1) is 29.6 Å². The van der Waals surface area contributed by atoms with Gasteiger partial charge in [-0.1, -0.05) is 25.0 Å². The molecule has 96 valence electrons. The Morgan fingerprint density at radius 1 is 0.941 bits per heavy atom. The van der Waals surface area contributed by atoms with E-state index in [1.165, 1.54) is 38.5 Å². The SMILES string of the molecule is CC1CCC2C3=C1C(C)CCC3C2CCCN. The van der Waals surface area contributed by atoms with Crippen LogP contribution in [0.4, 0.5) is 0 Å². The van der Waals surface area contributed by atoms with E-state index in [2.05, 4.69) is 13.8 Å². The number of allylic oxidation sites excluding steroid dienone is 2. The van der Waals surface area contributed by atoms with Crippen LogP contribution in [0.25, 0.3) is 0 Å². The van der Waals surface area contributed by atoms with Gasteiger partial charge in [-0.25, -0.2) is 0 Å². The van der Waals surface area contributed by atoms with Gasteiger partial charge < -0.3 is 5.73 Å². The molecular weight excluding hydrogens is 206 g/mol. The molecule has 2 N–H and O–H groups in total. The maximum Gasteiger partial charge on any atom is -0.00772 e. The van der Waals surface area contributed by atoms with E-state index in [-0.39, 0.29) is 0 Å². The van der Waals surface area contributed by atoms with Gasteiger partial charge in [0.05, 0.1) is 0 Å². The molecule has 3 aliphatic carbocycles. The molecule has 0 bridgehead atoms. The van der Waals surface area contributed by atoms with Crippen molar-refractivity contribution in [3.05, 3.63) is 11.1 Å². The summed E-state index contributed by atoms with van der Waals surface area (Å²) in [6.07, 6.45) is 8.47. The van der Waals surface area contributed by atoms with E-state index in [0.29, 0.717) is 0 Å². The lowest BCUT2D eigenvalue weighted by Crippen LogP contribution is -2.47. The lowest BCUT2D eigenvalue weighted by molar-refractivity contribution is 0.0900. The average Bonchev–Trinajstić information content (AvgIpc) is 2.31. The molecule has 0 heterocycles. The normalized spacial score (nSPS) is 44.3. The monoisotopic (exact) mass is 233 g/mol. The predicted molar refractivity (Wildman–Crippen MR) is 72.6 cm³/mol. The Morgan fingerprint density at radius 3 is 2.06 bits per heavy atom. The summed E-state index contributed by atoms with van der Waals surface area (Å²) in [6.45, 7) is 5.81. The maximum atomic E-state index is 5.68. The molecule has 4 unspecified atom stereocenters. The Kier molecular flexibility index (Phi) is 3.06. The van der Waals surface area contributed by atoms with Gasteiger partial charge in [0.1, 0.15) is 0 Å². The van der Waals surface area contributed by atoms with E-state index in [9.17, 15) is 0 Å². The van der Waals surface area contributed by atoms with E-state index in [0.717, 1.165) is 36.1 Å². The first kappa shape index (κ1) is 11.8. The van der Waals surface area contributed by atoms with Crippen molar-refractivity contribution < 1.29 is 0 Å². The molecule has 17 heavy (non-hydrogen) atoms. The predicted octanol–water partition coefficient (Wildman–Crippen LogP) is 3.74. The summed E-state index contributed by atoms with van der Waals surface area (Å²) in [5, 5.41) is 0. The molecular formula is C16H27N. The second-order valence-electron chi connectivity index (χ2n) is 6.68. The van der Waals surface area contributed by atoms with Crippen LogP contribution in [0.15, 0.2) is 11.1 Å². The zero-order chi connectivity index (χ0) is 12.0. The smallest absolute Gasteiger partial charge is 0.00772 e. The first-order valence-corrected chi connectivity index (χ1v) is 7.68. The molecule has 3 aliphatic rings. The van der Waals surface area contributed by atoms with Gasteiger partial charge in [0.25, 0.3) is 0 Å². The highest BCUT2D eigenvalue weighted by molar-refractivity contribution is 5.36. The van der Waals surface area contributed by atoms with E-state index in [1.54, 1.807) is 0 Å². The lowest BCUT2D eigenvalue weighted by atomic mass is 9.48. The summed E-state index contributed by atoms with van der Waals surface area (Å²) in [4.78, 5) is 0. The van der Waals surface area contributed by atoms with Crippen LogP contribution in [-0.2, 0) is 0 Å². The van der Waals surface area contributed by atoms with Gasteiger partial charge >= 0.3 is 0 Å². The van der Waals surface area contributed by atoms with Crippen LogP contribution in [0.3, 0.4) is 0 Å². The zero-order valence-electron chi connectivity index (χ0n) is 11.4. The largest absolute Gasteiger partial charge is 0.330 e. The van der Waals surface area contributed by atoms with Gasteiger partial charge in [0, 0.05) is 0 Å². The quantitative estimate of drug-likeness (QED) is 0.738. The highest BCUT2D eigenvalue weighted by Crippen LogP contribution is 2.61. The van der Waals surface area contributed by atoms with Gasteiger partial charge in [0.15, 0.2) is 0 Å². The molecule has 0 aromatic rings. The minimum atomic E-state index is 0.884. The van der Waals surface area contributed by atoms with E-state index < -0.39 is 0 Å². The topological polar surface area (TPSA) is 26.0 Å². The van der Waals surface area contributed by atoms with Gasteiger partial charge in [-0.15, -0.1) is 0 Å². The average molecular weight is 233 g/mol. The van der Waals surface area contributed by atoms with Crippen molar-refractivity contribution in [1.29, 1.82) is 0 Å². The minimum absolute atomic E-state index is 0.884. The van der Waals surface area contributed by atoms with Crippen LogP contribution in [-0.4, -0.2) is 6.54 Å². The zero-order valence-corrected chi connectivity index (χ0v) is 11.4. The van der Waals surface area contributed by atoms with E-state index in [1.807, 2.05) is 11.1 Å². The van der Waals surface area contributed by atoms with E-state index >= 15 is 0 Å². The molecule has 1 saturated carbocycles. The van der Waals surface area contributed by atoms with Crippen LogP contribution >= 0.6 is 0 Å². The first-order chi connectivity index (χ1) is 8.24. The second-order valence-corrected chi connectivity index (χ2v) is 6.68. The molecule has 0 amide bonds. The molecule has 0 aromatic heterocycles. The second kappa shape index (κ2) is 4.42. The van der Waals surface area contributed by atoms with Crippen LogP contribution in [0.5, 0.6) is 0 Å². The molecule has 0 aromatic carbocycles. The van der Waals surface area contributed by atoms with Crippen LogP contribution in [0.2, 0.25) is 0 Å². The van der Waals surface area contributed by atoms with Crippen LogP contribution < -0.4 is 5.73 Å². The fraction of sp³-hybridized carbons (Fsp3) is 0.875. The molecule has 0 saturated heterocycles. The molecule has 1 heteroatoms. The summed E-state index contributed by atoms with van der Waals surface area (Å²) in [5.74, 6) is 4.72. The lowest BCUT2D eigenvalue weighted by Gasteiger charge is -2.56. The highest BCUT2D eigenvalue weighted by atomic mass is 14.6. The Balaban J connectivity index is 1.84. The molecule has 0 aliphatic heterocycles. The molecule has 1 nitrogen and oxygen atoms in total. The number of hydrogen-bond acceptors (Lipinski definition) is 1. The third kappa shape index (κ3) is 1.69. The fourth-order valence-electron chi connectivity index (χ4n) is 5.05. The number of hydrogen-bond donors (Lipinski definition) is 1. The minimum Gasteiger partial charge on any atom is -0.330 e. The summed E-state index contributed by atoms with van der Waals surface area (Å²) >= 11 is 0. The third-order valence-corrected chi connectivity index (χ3v) is 5.79. The Bertz CT molecular complexity index is 304. The van der Waals surface area contributed by atoms with Gasteiger partial charge in [0.2, 0.25) is 0 Å². The summed E-state index contributed by atoms with van der Waals surface area (Å²) < 4.78 is 0. The molecule has 1 fully saturated rings. The van der Waals surface area contributed by atoms with E-state index in [4.69, 9.17) is 5.73 Å².